The third-order valence-electron chi connectivity index (χ3n) is 3.70. The van der Waals surface area contributed by atoms with Crippen molar-refractivity contribution >= 4 is 0 Å². The van der Waals surface area contributed by atoms with E-state index in [1.165, 1.54) is 16.7 Å². The molecule has 1 aromatic heterocycles. The highest BCUT2D eigenvalue weighted by Gasteiger charge is 2.33. The lowest BCUT2D eigenvalue weighted by Gasteiger charge is -2.36. The molecule has 17 heavy (non-hydrogen) atoms. The van der Waals surface area contributed by atoms with Crippen LogP contribution in [-0.2, 0) is 12.0 Å². The van der Waals surface area contributed by atoms with Gasteiger partial charge >= 0.3 is 0 Å². The topological polar surface area (TPSA) is 24.9 Å². The fourth-order valence-corrected chi connectivity index (χ4v) is 2.70. The molecular weight excluding hydrogens is 208 g/mol. The van der Waals surface area contributed by atoms with E-state index in [0.29, 0.717) is 0 Å². The molecule has 2 nitrogen and oxygen atoms in total. The summed E-state index contributed by atoms with van der Waals surface area (Å²) in [5.41, 5.74) is 4.12. The molecule has 0 fully saturated rings. The van der Waals surface area contributed by atoms with E-state index in [2.05, 4.69) is 47.6 Å². The minimum absolute atomic E-state index is 0.0309. The van der Waals surface area contributed by atoms with E-state index in [1.54, 1.807) is 0 Å². The molecule has 0 spiro atoms. The summed E-state index contributed by atoms with van der Waals surface area (Å²) in [5.74, 6) is 0. The molecule has 0 saturated carbocycles. The number of fused-ring (bicyclic) bond motifs is 1. The van der Waals surface area contributed by atoms with Gasteiger partial charge in [0.1, 0.15) is 0 Å². The van der Waals surface area contributed by atoms with Crippen LogP contribution >= 0.6 is 0 Å². The molecule has 3 rings (SSSR count). The van der Waals surface area contributed by atoms with E-state index in [1.807, 2.05) is 18.5 Å². The molecule has 1 aliphatic rings. The Morgan fingerprint density at radius 1 is 1.18 bits per heavy atom. The zero-order valence-corrected chi connectivity index (χ0v) is 9.98. The van der Waals surface area contributed by atoms with Crippen LogP contribution in [0.1, 0.15) is 23.6 Å². The SMILES string of the molecule is CC1(c2cccnc2)CNCc2ccccc21. The van der Waals surface area contributed by atoms with Crippen molar-refractivity contribution in [1.29, 1.82) is 0 Å². The number of nitrogens with one attached hydrogen (secondary N) is 1. The maximum Gasteiger partial charge on any atom is 0.0317 e. The van der Waals surface area contributed by atoms with Crippen LogP contribution in [0.5, 0.6) is 0 Å². The van der Waals surface area contributed by atoms with Gasteiger partial charge in [-0.15, -0.1) is 0 Å². The van der Waals surface area contributed by atoms with E-state index in [4.69, 9.17) is 0 Å². The Balaban J connectivity index is 2.16. The van der Waals surface area contributed by atoms with Crippen LogP contribution < -0.4 is 5.32 Å². The van der Waals surface area contributed by atoms with Crippen molar-refractivity contribution in [3.05, 3.63) is 65.5 Å². The molecule has 2 aromatic rings. The summed E-state index contributed by atoms with van der Waals surface area (Å²) in [6.07, 6.45) is 3.80. The molecule has 0 radical (unpaired) electrons. The van der Waals surface area contributed by atoms with E-state index >= 15 is 0 Å². The van der Waals surface area contributed by atoms with Crippen molar-refractivity contribution in [2.75, 3.05) is 6.54 Å². The first-order chi connectivity index (χ1) is 8.31. The summed E-state index contributed by atoms with van der Waals surface area (Å²) >= 11 is 0. The smallest absolute Gasteiger partial charge is 0.0317 e. The predicted molar refractivity (Wildman–Crippen MR) is 68.8 cm³/mol. The van der Waals surface area contributed by atoms with Crippen LogP contribution in [0.3, 0.4) is 0 Å². The summed E-state index contributed by atoms with van der Waals surface area (Å²) in [5, 5.41) is 3.50. The minimum Gasteiger partial charge on any atom is -0.311 e. The number of aromatic nitrogens is 1. The molecule has 1 aliphatic heterocycles. The van der Waals surface area contributed by atoms with Gasteiger partial charge in [-0.05, 0) is 22.8 Å². The van der Waals surface area contributed by atoms with Gasteiger partial charge in [0, 0.05) is 30.9 Å². The van der Waals surface area contributed by atoms with Gasteiger partial charge in [-0.25, -0.2) is 0 Å². The fourth-order valence-electron chi connectivity index (χ4n) is 2.70. The van der Waals surface area contributed by atoms with Crippen molar-refractivity contribution in [1.82, 2.24) is 10.3 Å². The third kappa shape index (κ3) is 1.65. The molecule has 0 aliphatic carbocycles. The second-order valence-electron chi connectivity index (χ2n) is 4.83. The average molecular weight is 224 g/mol. The molecule has 0 amide bonds. The number of pyridine rings is 1. The Kier molecular flexibility index (Phi) is 2.45. The van der Waals surface area contributed by atoms with Crippen LogP contribution in [0.15, 0.2) is 48.8 Å². The Bertz CT molecular complexity index is 521. The average Bonchev–Trinajstić information content (AvgIpc) is 2.40. The van der Waals surface area contributed by atoms with Crippen LogP contribution in [-0.4, -0.2) is 11.5 Å². The summed E-state index contributed by atoms with van der Waals surface area (Å²) in [7, 11) is 0. The normalized spacial score (nSPS) is 23.1. The molecular formula is C15H16N2. The lowest BCUT2D eigenvalue weighted by Crippen LogP contribution is -2.41. The Hall–Kier alpha value is -1.67. The summed E-state index contributed by atoms with van der Waals surface area (Å²) < 4.78 is 0. The first kappa shape index (κ1) is 10.5. The maximum atomic E-state index is 4.25. The number of hydrogen-bond donors (Lipinski definition) is 1. The van der Waals surface area contributed by atoms with E-state index in [9.17, 15) is 0 Å². The standard InChI is InChI=1S/C15H16N2/c1-15(13-6-4-8-16-10-13)11-17-9-12-5-2-3-7-14(12)15/h2-8,10,17H,9,11H2,1H3. The van der Waals surface area contributed by atoms with Crippen LogP contribution in [0, 0.1) is 0 Å². The number of hydrogen-bond acceptors (Lipinski definition) is 2. The van der Waals surface area contributed by atoms with Gasteiger partial charge in [0.2, 0.25) is 0 Å². The van der Waals surface area contributed by atoms with Crippen LogP contribution in [0.25, 0.3) is 0 Å². The Morgan fingerprint density at radius 2 is 2.06 bits per heavy atom. The van der Waals surface area contributed by atoms with E-state index < -0.39 is 0 Å². The Labute approximate surface area is 102 Å². The lowest BCUT2D eigenvalue weighted by molar-refractivity contribution is 0.464. The molecule has 0 saturated heterocycles. The molecule has 1 atom stereocenters. The molecule has 2 heteroatoms. The van der Waals surface area contributed by atoms with Crippen molar-refractivity contribution in [2.45, 2.75) is 18.9 Å². The van der Waals surface area contributed by atoms with E-state index in [-0.39, 0.29) is 5.41 Å². The van der Waals surface area contributed by atoms with Crippen LogP contribution in [0.2, 0.25) is 0 Å². The zero-order valence-electron chi connectivity index (χ0n) is 9.98. The largest absolute Gasteiger partial charge is 0.311 e. The summed E-state index contributed by atoms with van der Waals surface area (Å²) in [6.45, 7) is 4.22. The second-order valence-corrected chi connectivity index (χ2v) is 4.83. The molecule has 2 heterocycles. The van der Waals surface area contributed by atoms with Gasteiger partial charge in [-0.1, -0.05) is 37.3 Å². The highest BCUT2D eigenvalue weighted by Crippen LogP contribution is 2.35. The van der Waals surface area contributed by atoms with Gasteiger partial charge in [0.15, 0.2) is 0 Å². The van der Waals surface area contributed by atoms with Crippen LogP contribution in [0.4, 0.5) is 0 Å². The highest BCUT2D eigenvalue weighted by molar-refractivity contribution is 5.44. The fraction of sp³-hybridized carbons (Fsp3) is 0.267. The first-order valence-electron chi connectivity index (χ1n) is 6.00. The van der Waals surface area contributed by atoms with Gasteiger partial charge in [-0.2, -0.15) is 0 Å². The molecule has 0 bridgehead atoms. The highest BCUT2D eigenvalue weighted by atomic mass is 14.9. The maximum absolute atomic E-state index is 4.25. The van der Waals surface area contributed by atoms with E-state index in [0.717, 1.165) is 13.1 Å². The Morgan fingerprint density at radius 3 is 2.88 bits per heavy atom. The number of nitrogens with zero attached hydrogens (tertiary/aromatic N) is 1. The quantitative estimate of drug-likeness (QED) is 0.805. The minimum atomic E-state index is 0.0309. The second kappa shape index (κ2) is 3.97. The first-order valence-corrected chi connectivity index (χ1v) is 6.00. The third-order valence-corrected chi connectivity index (χ3v) is 3.70. The van der Waals surface area contributed by atoms with Crippen molar-refractivity contribution in [3.63, 3.8) is 0 Å². The van der Waals surface area contributed by atoms with Crippen molar-refractivity contribution in [2.24, 2.45) is 0 Å². The van der Waals surface area contributed by atoms with Gasteiger partial charge < -0.3 is 5.32 Å². The summed E-state index contributed by atoms with van der Waals surface area (Å²) in [6, 6.07) is 12.8. The zero-order chi connectivity index (χ0) is 11.7. The number of benzene rings is 1. The predicted octanol–water partition coefficient (Wildman–Crippen LogP) is 2.49. The van der Waals surface area contributed by atoms with Gasteiger partial charge in [-0.3, -0.25) is 4.98 Å². The molecule has 86 valence electrons. The monoisotopic (exact) mass is 224 g/mol. The lowest BCUT2D eigenvalue weighted by atomic mass is 9.73. The summed E-state index contributed by atoms with van der Waals surface area (Å²) in [4.78, 5) is 4.25. The van der Waals surface area contributed by atoms with Gasteiger partial charge in [0.05, 0.1) is 0 Å². The van der Waals surface area contributed by atoms with Crippen molar-refractivity contribution < 1.29 is 0 Å². The number of rotatable bonds is 1. The van der Waals surface area contributed by atoms with Crippen molar-refractivity contribution in [3.8, 4) is 0 Å². The molecule has 1 unspecified atom stereocenters. The molecule has 1 N–H and O–H groups in total. The molecule has 1 aromatic carbocycles. The van der Waals surface area contributed by atoms with Gasteiger partial charge in [0.25, 0.3) is 0 Å².